The van der Waals surface area contributed by atoms with Crippen LogP contribution in [0, 0.1) is 0 Å². The van der Waals surface area contributed by atoms with Crippen LogP contribution in [0.5, 0.6) is 5.75 Å². The van der Waals surface area contributed by atoms with Crippen molar-refractivity contribution in [2.24, 2.45) is 5.73 Å². The van der Waals surface area contributed by atoms with Crippen LogP contribution >= 0.6 is 0 Å². The molecule has 1 aromatic rings. The molecule has 3 N–H and O–H groups in total. The van der Waals surface area contributed by atoms with Gasteiger partial charge >= 0.3 is 6.18 Å². The molecule has 0 aromatic heterocycles. The Bertz CT molecular complexity index is 452. The van der Waals surface area contributed by atoms with Gasteiger partial charge in [0.15, 0.2) is 0 Å². The number of nitrogens with two attached hydrogens (primary N) is 1. The van der Waals surface area contributed by atoms with Crippen LogP contribution in [-0.4, -0.2) is 18.2 Å². The van der Waals surface area contributed by atoms with Crippen molar-refractivity contribution in [1.82, 2.24) is 5.32 Å². The maximum Gasteiger partial charge on any atom is 0.416 e. The Hall–Kier alpha value is -1.76. The summed E-state index contributed by atoms with van der Waals surface area (Å²) in [6.45, 7) is 0.573. The highest BCUT2D eigenvalue weighted by Gasteiger charge is 2.45. The Morgan fingerprint density at radius 2 is 1.89 bits per heavy atom. The van der Waals surface area contributed by atoms with Gasteiger partial charge in [-0.1, -0.05) is 0 Å². The summed E-state index contributed by atoms with van der Waals surface area (Å²) in [5, 5.41) is 2.73. The van der Waals surface area contributed by atoms with Gasteiger partial charge in [0.25, 0.3) is 5.91 Å². The summed E-state index contributed by atoms with van der Waals surface area (Å²) in [5.41, 5.74) is 3.11. The summed E-state index contributed by atoms with van der Waals surface area (Å²) in [6.07, 6.45) is -4.00. The van der Waals surface area contributed by atoms with Crippen molar-refractivity contribution in [2.75, 3.05) is 6.54 Å². The van der Waals surface area contributed by atoms with Gasteiger partial charge in [-0.2, -0.15) is 13.2 Å². The SMILES string of the molecule is NC(=O)C1(Oc2ccc(C(F)(F)F)cc2)CCN1. The molecule has 1 atom stereocenters. The topological polar surface area (TPSA) is 64.4 Å². The number of carbonyl (C=O) groups excluding carboxylic acids is 1. The van der Waals surface area contributed by atoms with Gasteiger partial charge in [-0.15, -0.1) is 0 Å². The van der Waals surface area contributed by atoms with Crippen molar-refractivity contribution in [3.8, 4) is 5.75 Å². The molecule has 1 heterocycles. The number of ether oxygens (including phenoxy) is 1. The van der Waals surface area contributed by atoms with Crippen molar-refractivity contribution in [1.29, 1.82) is 0 Å². The maximum absolute atomic E-state index is 12.3. The molecule has 1 unspecified atom stereocenters. The van der Waals surface area contributed by atoms with Crippen molar-refractivity contribution < 1.29 is 22.7 Å². The van der Waals surface area contributed by atoms with Crippen LogP contribution in [0.1, 0.15) is 12.0 Å². The number of hydrogen-bond acceptors (Lipinski definition) is 3. The molecule has 98 valence electrons. The van der Waals surface area contributed by atoms with Crippen molar-refractivity contribution in [2.45, 2.75) is 18.3 Å². The molecule has 2 rings (SSSR count). The van der Waals surface area contributed by atoms with Gasteiger partial charge < -0.3 is 10.5 Å². The Labute approximate surface area is 101 Å². The lowest BCUT2D eigenvalue weighted by molar-refractivity contribution is -0.144. The normalized spacial score (nSPS) is 23.3. The van der Waals surface area contributed by atoms with Crippen molar-refractivity contribution in [3.05, 3.63) is 29.8 Å². The van der Waals surface area contributed by atoms with Crippen LogP contribution in [0.4, 0.5) is 13.2 Å². The third kappa shape index (κ3) is 2.26. The lowest BCUT2D eigenvalue weighted by Gasteiger charge is -2.39. The summed E-state index contributed by atoms with van der Waals surface area (Å²) in [5.74, 6) is -0.525. The van der Waals surface area contributed by atoms with Crippen LogP contribution in [-0.2, 0) is 11.0 Å². The Morgan fingerprint density at radius 1 is 1.33 bits per heavy atom. The van der Waals surface area contributed by atoms with Crippen LogP contribution in [0.15, 0.2) is 24.3 Å². The van der Waals surface area contributed by atoms with Crippen LogP contribution in [0.3, 0.4) is 0 Å². The Kier molecular flexibility index (Phi) is 2.94. The quantitative estimate of drug-likeness (QED) is 0.860. The third-order valence-electron chi connectivity index (χ3n) is 2.76. The molecule has 1 saturated heterocycles. The minimum absolute atomic E-state index is 0.161. The number of rotatable bonds is 3. The highest BCUT2D eigenvalue weighted by molar-refractivity contribution is 5.84. The lowest BCUT2D eigenvalue weighted by atomic mass is 10.0. The van der Waals surface area contributed by atoms with Gasteiger partial charge in [0.05, 0.1) is 5.56 Å². The zero-order valence-electron chi connectivity index (χ0n) is 9.25. The van der Waals surface area contributed by atoms with Gasteiger partial charge in [-0.05, 0) is 24.3 Å². The monoisotopic (exact) mass is 260 g/mol. The van der Waals surface area contributed by atoms with E-state index in [1.54, 1.807) is 0 Å². The first-order chi connectivity index (χ1) is 8.33. The summed E-state index contributed by atoms with van der Waals surface area (Å²) < 4.78 is 42.3. The summed E-state index contributed by atoms with van der Waals surface area (Å²) in [7, 11) is 0. The number of halogens is 3. The van der Waals surface area contributed by atoms with E-state index in [9.17, 15) is 18.0 Å². The molecular formula is C11H11F3N2O2. The van der Waals surface area contributed by atoms with E-state index in [0.717, 1.165) is 24.3 Å². The molecule has 0 spiro atoms. The molecule has 0 saturated carbocycles. The number of carbonyl (C=O) groups is 1. The second-order valence-electron chi connectivity index (χ2n) is 3.99. The van der Waals surface area contributed by atoms with Crippen LogP contribution in [0.25, 0.3) is 0 Å². The molecular weight excluding hydrogens is 249 g/mol. The standard InChI is InChI=1S/C11H11F3N2O2/c12-11(13,14)7-1-3-8(4-2-7)18-10(9(15)17)5-6-16-10/h1-4,16H,5-6H2,(H2,15,17). The average molecular weight is 260 g/mol. The minimum atomic E-state index is -4.39. The zero-order chi connectivity index (χ0) is 13.4. The fourth-order valence-electron chi connectivity index (χ4n) is 1.61. The largest absolute Gasteiger partial charge is 0.463 e. The Balaban J connectivity index is 2.14. The van der Waals surface area contributed by atoms with Gasteiger partial charge in [-0.25, -0.2) is 0 Å². The number of benzene rings is 1. The van der Waals surface area contributed by atoms with Crippen molar-refractivity contribution in [3.63, 3.8) is 0 Å². The second-order valence-corrected chi connectivity index (χ2v) is 3.99. The number of amides is 1. The first-order valence-electron chi connectivity index (χ1n) is 5.25. The fourth-order valence-corrected chi connectivity index (χ4v) is 1.61. The number of nitrogens with one attached hydrogen (secondary N) is 1. The first-order valence-corrected chi connectivity index (χ1v) is 5.25. The van der Waals surface area contributed by atoms with E-state index in [2.05, 4.69) is 5.32 Å². The van der Waals surface area contributed by atoms with Gasteiger partial charge in [0.2, 0.25) is 5.72 Å². The van der Waals surface area contributed by atoms with E-state index in [-0.39, 0.29) is 5.75 Å². The van der Waals surface area contributed by atoms with Crippen LogP contribution < -0.4 is 15.8 Å². The molecule has 0 aliphatic carbocycles. The van der Waals surface area contributed by atoms with Gasteiger partial charge in [-0.3, -0.25) is 10.1 Å². The molecule has 4 nitrogen and oxygen atoms in total. The van der Waals surface area contributed by atoms with Gasteiger partial charge in [0, 0.05) is 13.0 Å². The highest BCUT2D eigenvalue weighted by Crippen LogP contribution is 2.31. The predicted molar refractivity (Wildman–Crippen MR) is 56.6 cm³/mol. The molecule has 7 heteroatoms. The van der Waals surface area contributed by atoms with E-state index in [0.29, 0.717) is 13.0 Å². The van der Waals surface area contributed by atoms with E-state index in [1.807, 2.05) is 0 Å². The zero-order valence-corrected chi connectivity index (χ0v) is 9.25. The first kappa shape index (κ1) is 12.7. The number of hydrogen-bond donors (Lipinski definition) is 2. The third-order valence-corrected chi connectivity index (χ3v) is 2.76. The number of primary amides is 1. The molecule has 1 amide bonds. The molecule has 18 heavy (non-hydrogen) atoms. The summed E-state index contributed by atoms with van der Waals surface area (Å²) in [6, 6.07) is 4.10. The van der Waals surface area contributed by atoms with E-state index in [1.165, 1.54) is 0 Å². The molecule has 1 aliphatic heterocycles. The molecule has 1 aliphatic rings. The smallest absolute Gasteiger partial charge is 0.416 e. The lowest BCUT2D eigenvalue weighted by Crippen LogP contribution is -2.68. The van der Waals surface area contributed by atoms with Crippen molar-refractivity contribution >= 4 is 5.91 Å². The van der Waals surface area contributed by atoms with E-state index >= 15 is 0 Å². The minimum Gasteiger partial charge on any atom is -0.463 e. The summed E-state index contributed by atoms with van der Waals surface area (Å²) >= 11 is 0. The molecule has 0 radical (unpaired) electrons. The number of alkyl halides is 3. The molecule has 1 fully saturated rings. The van der Waals surface area contributed by atoms with Gasteiger partial charge in [0.1, 0.15) is 5.75 Å². The maximum atomic E-state index is 12.3. The summed E-state index contributed by atoms with van der Waals surface area (Å²) in [4.78, 5) is 11.2. The van der Waals surface area contributed by atoms with E-state index < -0.39 is 23.4 Å². The fraction of sp³-hybridized carbons (Fsp3) is 0.364. The average Bonchev–Trinajstić information content (AvgIpc) is 2.22. The van der Waals surface area contributed by atoms with E-state index in [4.69, 9.17) is 10.5 Å². The Morgan fingerprint density at radius 3 is 2.22 bits per heavy atom. The highest BCUT2D eigenvalue weighted by atomic mass is 19.4. The molecule has 0 bridgehead atoms. The predicted octanol–water partition coefficient (Wildman–Crippen LogP) is 1.26. The molecule has 1 aromatic carbocycles. The van der Waals surface area contributed by atoms with Crippen LogP contribution in [0.2, 0.25) is 0 Å². The second kappa shape index (κ2) is 4.16.